The average Bonchev–Trinajstić information content (AvgIpc) is 2.98. The summed E-state index contributed by atoms with van der Waals surface area (Å²) >= 11 is 7.76. The van der Waals surface area contributed by atoms with E-state index in [2.05, 4.69) is 5.38 Å². The zero-order valence-electron chi connectivity index (χ0n) is 11.9. The molecule has 0 bridgehead atoms. The minimum Gasteiger partial charge on any atom is -0.383 e. The molecule has 2 aromatic rings. The minimum absolute atomic E-state index is 0.0614. The number of amides is 1. The van der Waals surface area contributed by atoms with E-state index in [9.17, 15) is 4.79 Å². The third-order valence-corrected chi connectivity index (χ3v) is 4.27. The van der Waals surface area contributed by atoms with Crippen molar-refractivity contribution in [3.8, 4) is 0 Å². The maximum atomic E-state index is 12.5. The first-order chi connectivity index (χ1) is 10.2. The molecular formula is C16H18ClNO2S. The Balaban J connectivity index is 2.05. The van der Waals surface area contributed by atoms with E-state index in [4.69, 9.17) is 16.3 Å². The van der Waals surface area contributed by atoms with Crippen LogP contribution >= 0.6 is 22.9 Å². The molecule has 21 heavy (non-hydrogen) atoms. The quantitative estimate of drug-likeness (QED) is 0.779. The number of nitrogens with zero attached hydrogens (tertiary/aromatic N) is 1. The van der Waals surface area contributed by atoms with Crippen LogP contribution in [-0.4, -0.2) is 31.1 Å². The van der Waals surface area contributed by atoms with Crippen molar-refractivity contribution in [3.63, 3.8) is 0 Å². The third kappa shape index (κ3) is 4.84. The lowest BCUT2D eigenvalue weighted by Crippen LogP contribution is -2.34. The molecule has 112 valence electrons. The van der Waals surface area contributed by atoms with Gasteiger partial charge in [-0.1, -0.05) is 29.8 Å². The van der Waals surface area contributed by atoms with Gasteiger partial charge in [0.05, 0.1) is 13.0 Å². The second-order valence-corrected chi connectivity index (χ2v) is 5.90. The van der Waals surface area contributed by atoms with Gasteiger partial charge >= 0.3 is 0 Å². The van der Waals surface area contributed by atoms with Crippen LogP contribution in [0.25, 0.3) is 0 Å². The van der Waals surface area contributed by atoms with Gasteiger partial charge in [0.15, 0.2) is 0 Å². The molecule has 0 N–H and O–H groups in total. The molecule has 1 heterocycles. The van der Waals surface area contributed by atoms with E-state index < -0.39 is 0 Å². The second kappa shape index (κ2) is 8.17. The van der Waals surface area contributed by atoms with Crippen LogP contribution < -0.4 is 0 Å². The largest absolute Gasteiger partial charge is 0.383 e. The van der Waals surface area contributed by atoms with Crippen LogP contribution in [0.2, 0.25) is 5.02 Å². The van der Waals surface area contributed by atoms with Crippen molar-refractivity contribution in [1.29, 1.82) is 0 Å². The number of benzene rings is 1. The van der Waals surface area contributed by atoms with Gasteiger partial charge in [0.25, 0.3) is 0 Å². The Morgan fingerprint density at radius 1 is 1.33 bits per heavy atom. The Morgan fingerprint density at radius 2 is 2.14 bits per heavy atom. The standard InChI is InChI=1S/C16H18ClNO2S/c1-20-8-7-18(11-13-6-9-21-12-13)16(19)10-14-4-2-3-5-15(14)17/h2-6,9,12H,7-8,10-11H2,1H3. The summed E-state index contributed by atoms with van der Waals surface area (Å²) in [5.74, 6) is 0.0614. The molecule has 0 spiro atoms. The number of ether oxygens (including phenoxy) is 1. The lowest BCUT2D eigenvalue weighted by atomic mass is 10.1. The number of halogens is 1. The highest BCUT2D eigenvalue weighted by Crippen LogP contribution is 2.17. The normalized spacial score (nSPS) is 10.6. The fourth-order valence-electron chi connectivity index (χ4n) is 2.01. The molecule has 0 aliphatic heterocycles. The summed E-state index contributed by atoms with van der Waals surface area (Å²) < 4.78 is 5.10. The van der Waals surface area contributed by atoms with Crippen molar-refractivity contribution in [2.24, 2.45) is 0 Å². The molecule has 0 saturated heterocycles. The van der Waals surface area contributed by atoms with E-state index in [0.29, 0.717) is 31.1 Å². The van der Waals surface area contributed by atoms with Gasteiger partial charge in [0, 0.05) is 25.2 Å². The number of hydrogen-bond donors (Lipinski definition) is 0. The molecule has 3 nitrogen and oxygen atoms in total. The molecule has 1 aromatic carbocycles. The Hall–Kier alpha value is -1.36. The lowest BCUT2D eigenvalue weighted by Gasteiger charge is -2.22. The molecule has 0 aliphatic carbocycles. The first-order valence-electron chi connectivity index (χ1n) is 6.72. The van der Waals surface area contributed by atoms with Crippen LogP contribution in [0, 0.1) is 0 Å². The van der Waals surface area contributed by atoms with Gasteiger partial charge in [0.1, 0.15) is 0 Å². The Morgan fingerprint density at radius 3 is 2.81 bits per heavy atom. The number of hydrogen-bond acceptors (Lipinski definition) is 3. The van der Waals surface area contributed by atoms with Crippen LogP contribution in [0.3, 0.4) is 0 Å². The molecule has 5 heteroatoms. The molecule has 1 amide bonds. The molecule has 0 fully saturated rings. The monoisotopic (exact) mass is 323 g/mol. The summed E-state index contributed by atoms with van der Waals surface area (Å²) in [4.78, 5) is 14.3. The minimum atomic E-state index is 0.0614. The Kier molecular flexibility index (Phi) is 6.23. The van der Waals surface area contributed by atoms with Crippen LogP contribution in [0.4, 0.5) is 0 Å². The smallest absolute Gasteiger partial charge is 0.227 e. The molecule has 0 aliphatic rings. The summed E-state index contributed by atoms with van der Waals surface area (Å²) in [5, 5.41) is 4.71. The van der Waals surface area contributed by atoms with Crippen molar-refractivity contribution in [1.82, 2.24) is 4.90 Å². The van der Waals surface area contributed by atoms with Gasteiger partial charge < -0.3 is 9.64 Å². The molecule has 2 rings (SSSR count). The predicted octanol–water partition coefficient (Wildman–Crippen LogP) is 3.62. The maximum Gasteiger partial charge on any atom is 0.227 e. The molecule has 0 saturated carbocycles. The van der Waals surface area contributed by atoms with Gasteiger partial charge in [-0.15, -0.1) is 0 Å². The van der Waals surface area contributed by atoms with Crippen LogP contribution in [0.5, 0.6) is 0 Å². The molecule has 0 unspecified atom stereocenters. The van der Waals surface area contributed by atoms with Crippen molar-refractivity contribution in [2.45, 2.75) is 13.0 Å². The summed E-state index contributed by atoms with van der Waals surface area (Å²) in [6.07, 6.45) is 0.313. The maximum absolute atomic E-state index is 12.5. The van der Waals surface area contributed by atoms with Crippen LogP contribution in [-0.2, 0) is 22.5 Å². The summed E-state index contributed by atoms with van der Waals surface area (Å²) in [6.45, 7) is 1.71. The van der Waals surface area contributed by atoms with Gasteiger partial charge in [-0.25, -0.2) is 0 Å². The zero-order valence-corrected chi connectivity index (χ0v) is 13.5. The zero-order chi connectivity index (χ0) is 15.1. The van der Waals surface area contributed by atoms with Crippen LogP contribution in [0.15, 0.2) is 41.1 Å². The third-order valence-electron chi connectivity index (χ3n) is 3.17. The fraction of sp³-hybridized carbons (Fsp3) is 0.312. The van der Waals surface area contributed by atoms with E-state index in [-0.39, 0.29) is 5.91 Å². The van der Waals surface area contributed by atoms with Crippen molar-refractivity contribution in [2.75, 3.05) is 20.3 Å². The second-order valence-electron chi connectivity index (χ2n) is 4.71. The molecule has 1 aromatic heterocycles. The number of carbonyl (C=O) groups excluding carboxylic acids is 1. The van der Waals surface area contributed by atoms with Gasteiger partial charge in [-0.3, -0.25) is 4.79 Å². The summed E-state index contributed by atoms with van der Waals surface area (Å²) in [6, 6.07) is 9.49. The van der Waals surface area contributed by atoms with E-state index in [1.807, 2.05) is 40.6 Å². The highest BCUT2D eigenvalue weighted by molar-refractivity contribution is 7.07. The van der Waals surface area contributed by atoms with E-state index in [0.717, 1.165) is 11.1 Å². The van der Waals surface area contributed by atoms with E-state index >= 15 is 0 Å². The first kappa shape index (κ1) is 16.0. The highest BCUT2D eigenvalue weighted by atomic mass is 35.5. The molecule has 0 radical (unpaired) electrons. The van der Waals surface area contributed by atoms with E-state index in [1.165, 1.54) is 0 Å². The first-order valence-corrected chi connectivity index (χ1v) is 8.04. The highest BCUT2D eigenvalue weighted by Gasteiger charge is 2.15. The van der Waals surface area contributed by atoms with Crippen molar-refractivity contribution < 1.29 is 9.53 Å². The van der Waals surface area contributed by atoms with Crippen molar-refractivity contribution >= 4 is 28.8 Å². The average molecular weight is 324 g/mol. The predicted molar refractivity (Wildman–Crippen MR) is 86.8 cm³/mol. The topological polar surface area (TPSA) is 29.5 Å². The Labute approximate surface area is 134 Å². The van der Waals surface area contributed by atoms with E-state index in [1.54, 1.807) is 18.4 Å². The summed E-state index contributed by atoms with van der Waals surface area (Å²) in [7, 11) is 1.64. The fourth-order valence-corrected chi connectivity index (χ4v) is 2.88. The number of methoxy groups -OCH3 is 1. The number of thiophene rings is 1. The van der Waals surface area contributed by atoms with Gasteiger partial charge in [0.2, 0.25) is 5.91 Å². The lowest BCUT2D eigenvalue weighted by molar-refractivity contribution is -0.131. The van der Waals surface area contributed by atoms with Gasteiger partial charge in [-0.05, 0) is 34.0 Å². The number of rotatable bonds is 7. The van der Waals surface area contributed by atoms with Crippen LogP contribution in [0.1, 0.15) is 11.1 Å². The van der Waals surface area contributed by atoms with Gasteiger partial charge in [-0.2, -0.15) is 11.3 Å². The number of carbonyl (C=O) groups is 1. The SMILES string of the molecule is COCCN(Cc1ccsc1)C(=O)Cc1ccccc1Cl. The van der Waals surface area contributed by atoms with Crippen molar-refractivity contribution in [3.05, 3.63) is 57.2 Å². The molecule has 0 atom stereocenters. The Bertz CT molecular complexity index is 571. The molecular weight excluding hydrogens is 306 g/mol. The summed E-state index contributed by atoms with van der Waals surface area (Å²) in [5.41, 5.74) is 2.00.